The van der Waals surface area contributed by atoms with Crippen LogP contribution >= 0.6 is 11.3 Å². The van der Waals surface area contributed by atoms with E-state index in [2.05, 4.69) is 4.98 Å². The smallest absolute Gasteiger partial charge is 0.462 e. The monoisotopic (exact) mass is 353 g/mol. The van der Waals surface area contributed by atoms with Crippen LogP contribution in [0.2, 0.25) is 0 Å². The molecule has 1 aromatic rings. The molecule has 0 aromatic carbocycles. The van der Waals surface area contributed by atoms with Crippen molar-refractivity contribution in [1.29, 1.82) is 0 Å². The number of aryl methyl sites for hydroxylation is 1. The number of aromatic nitrogens is 1. The van der Waals surface area contributed by atoms with E-state index in [-0.39, 0.29) is 12.6 Å². The average molecular weight is 353 g/mol. The predicted molar refractivity (Wildman–Crippen MR) is 94.0 cm³/mol. The first-order valence-corrected chi connectivity index (χ1v) is 8.74. The maximum atomic E-state index is 11.9. The Morgan fingerprint density at radius 1 is 1.33 bits per heavy atom. The van der Waals surface area contributed by atoms with E-state index in [1.165, 1.54) is 11.3 Å². The molecule has 0 saturated carbocycles. The molecule has 1 aliphatic heterocycles. The van der Waals surface area contributed by atoms with Crippen LogP contribution in [0, 0.1) is 6.92 Å². The minimum absolute atomic E-state index is 0.218. The summed E-state index contributed by atoms with van der Waals surface area (Å²) >= 11 is 1.23. The molecule has 1 fully saturated rings. The van der Waals surface area contributed by atoms with Crippen molar-refractivity contribution in [1.82, 2.24) is 4.98 Å². The van der Waals surface area contributed by atoms with Crippen LogP contribution in [0.15, 0.2) is 5.47 Å². The Morgan fingerprint density at radius 2 is 1.92 bits per heavy atom. The van der Waals surface area contributed by atoms with E-state index in [1.54, 1.807) is 19.9 Å². The third kappa shape index (κ3) is 3.72. The van der Waals surface area contributed by atoms with Gasteiger partial charge in [0.2, 0.25) is 0 Å². The third-order valence-corrected chi connectivity index (χ3v) is 5.41. The van der Waals surface area contributed by atoms with Gasteiger partial charge in [-0.3, -0.25) is 0 Å². The Bertz CT molecular complexity index is 637. The number of aliphatic hydroxyl groups excluding tert-OH is 1. The summed E-state index contributed by atoms with van der Waals surface area (Å²) in [6.45, 7) is 11.4. The van der Waals surface area contributed by atoms with Crippen molar-refractivity contribution in [3.8, 4) is 0 Å². The highest BCUT2D eigenvalue weighted by atomic mass is 32.1. The summed E-state index contributed by atoms with van der Waals surface area (Å²) in [5.41, 5.74) is 0.204. The van der Waals surface area contributed by atoms with E-state index >= 15 is 0 Å². The van der Waals surface area contributed by atoms with Crippen molar-refractivity contribution < 1.29 is 23.9 Å². The van der Waals surface area contributed by atoms with Gasteiger partial charge in [0.05, 0.1) is 30.1 Å². The zero-order chi connectivity index (χ0) is 18.1. The van der Waals surface area contributed by atoms with Gasteiger partial charge < -0.3 is 19.2 Å². The molecule has 132 valence electrons. The number of nitrogens with zero attached hydrogens (tertiary/aromatic N) is 1. The van der Waals surface area contributed by atoms with Crippen LogP contribution in [0.3, 0.4) is 0 Å². The fourth-order valence-electron chi connectivity index (χ4n) is 2.21. The van der Waals surface area contributed by atoms with E-state index < -0.39 is 18.3 Å². The van der Waals surface area contributed by atoms with Crippen LogP contribution in [-0.4, -0.2) is 47.6 Å². The lowest BCUT2D eigenvalue weighted by Gasteiger charge is -2.32. The Hall–Kier alpha value is -1.22. The standard InChI is InChI=1S/C16H24BNO5S/c1-7-21-14(20)13-10(2)18-12(24-13)8-11(9-19)17-22-15(3,4)16(5,6)23-17/h8,19H,7,9H2,1-6H3. The van der Waals surface area contributed by atoms with Gasteiger partial charge in [0.15, 0.2) is 0 Å². The number of hydrogen-bond donors (Lipinski definition) is 1. The molecule has 24 heavy (non-hydrogen) atoms. The number of esters is 1. The Labute approximate surface area is 147 Å². The zero-order valence-electron chi connectivity index (χ0n) is 15.0. The maximum Gasteiger partial charge on any atom is 0.493 e. The molecule has 6 nitrogen and oxygen atoms in total. The molecule has 2 rings (SSSR count). The molecule has 1 N–H and O–H groups in total. The normalized spacial score (nSPS) is 19.6. The summed E-state index contributed by atoms with van der Waals surface area (Å²) in [5, 5.41) is 10.3. The van der Waals surface area contributed by atoms with Crippen LogP contribution in [0.4, 0.5) is 0 Å². The molecule has 0 atom stereocenters. The summed E-state index contributed by atoms with van der Waals surface area (Å²) in [5.74, 6) is -0.381. The second-order valence-corrected chi connectivity index (χ2v) is 7.68. The molecular formula is C16H24BNO5S. The number of carbonyl (C=O) groups excluding carboxylic acids is 1. The highest BCUT2D eigenvalue weighted by Gasteiger charge is 2.52. The second-order valence-electron chi connectivity index (χ2n) is 6.65. The molecule has 1 saturated heterocycles. The lowest BCUT2D eigenvalue weighted by atomic mass is 9.78. The van der Waals surface area contributed by atoms with Crippen molar-refractivity contribution in [3.63, 3.8) is 0 Å². The third-order valence-electron chi connectivity index (χ3n) is 4.32. The largest absolute Gasteiger partial charge is 0.493 e. The summed E-state index contributed by atoms with van der Waals surface area (Å²) in [6.07, 6.45) is 1.71. The molecule has 2 heterocycles. The van der Waals surface area contributed by atoms with E-state index in [0.717, 1.165) is 0 Å². The first kappa shape index (κ1) is 19.1. The van der Waals surface area contributed by atoms with Gasteiger partial charge in [-0.1, -0.05) is 0 Å². The summed E-state index contributed by atoms with van der Waals surface area (Å²) in [4.78, 5) is 16.7. The Morgan fingerprint density at radius 3 is 2.42 bits per heavy atom. The maximum absolute atomic E-state index is 11.9. The molecule has 0 spiro atoms. The lowest BCUT2D eigenvalue weighted by Crippen LogP contribution is -2.41. The minimum atomic E-state index is -0.643. The molecule has 8 heteroatoms. The van der Waals surface area contributed by atoms with Crippen molar-refractivity contribution in [2.45, 2.75) is 52.7 Å². The molecule has 1 aromatic heterocycles. The van der Waals surface area contributed by atoms with Crippen LogP contribution in [0.5, 0.6) is 0 Å². The highest BCUT2D eigenvalue weighted by molar-refractivity contribution is 7.14. The first-order valence-electron chi connectivity index (χ1n) is 7.92. The van der Waals surface area contributed by atoms with Crippen LogP contribution in [-0.2, 0) is 14.0 Å². The summed E-state index contributed by atoms with van der Waals surface area (Å²) in [7, 11) is -0.643. The summed E-state index contributed by atoms with van der Waals surface area (Å²) in [6, 6.07) is 0. The first-order chi connectivity index (χ1) is 11.1. The molecule has 0 aliphatic carbocycles. The predicted octanol–water partition coefficient (Wildman–Crippen LogP) is 2.64. The van der Waals surface area contributed by atoms with Gasteiger partial charge in [-0.25, -0.2) is 9.78 Å². The van der Waals surface area contributed by atoms with Gasteiger partial charge in [0.25, 0.3) is 0 Å². The molecule has 0 amide bonds. The van der Waals surface area contributed by atoms with E-state index in [1.807, 2.05) is 27.7 Å². The van der Waals surface area contributed by atoms with Crippen molar-refractivity contribution >= 4 is 30.5 Å². The average Bonchev–Trinajstić information content (AvgIpc) is 2.93. The van der Waals surface area contributed by atoms with Gasteiger partial charge in [-0.15, -0.1) is 11.3 Å². The van der Waals surface area contributed by atoms with Gasteiger partial charge in [0, 0.05) is 0 Å². The molecule has 1 aliphatic rings. The topological polar surface area (TPSA) is 77.9 Å². The molecular weight excluding hydrogens is 329 g/mol. The van der Waals surface area contributed by atoms with Crippen molar-refractivity contribution in [2.24, 2.45) is 0 Å². The fourth-order valence-corrected chi connectivity index (χ4v) is 3.14. The highest BCUT2D eigenvalue weighted by Crippen LogP contribution is 2.38. The SMILES string of the molecule is CCOC(=O)c1sc(C=C(CO)B2OC(C)(C)C(C)(C)O2)nc1C. The number of hydrogen-bond acceptors (Lipinski definition) is 7. The number of carbonyl (C=O) groups is 1. The van der Waals surface area contributed by atoms with Crippen LogP contribution in [0.25, 0.3) is 6.08 Å². The Kier molecular flexibility index (Phi) is 5.54. The summed E-state index contributed by atoms with van der Waals surface area (Å²) < 4.78 is 16.9. The van der Waals surface area contributed by atoms with Crippen LogP contribution < -0.4 is 0 Å². The number of thiazole rings is 1. The Balaban J connectivity index is 2.26. The van der Waals surface area contributed by atoms with E-state index in [0.29, 0.717) is 27.7 Å². The molecule has 0 radical (unpaired) electrons. The van der Waals surface area contributed by atoms with Crippen molar-refractivity contribution in [2.75, 3.05) is 13.2 Å². The lowest BCUT2D eigenvalue weighted by molar-refractivity contribution is 0.00578. The quantitative estimate of drug-likeness (QED) is 0.648. The number of rotatable bonds is 5. The van der Waals surface area contributed by atoms with E-state index in [4.69, 9.17) is 14.0 Å². The van der Waals surface area contributed by atoms with Gasteiger partial charge >= 0.3 is 13.1 Å². The van der Waals surface area contributed by atoms with Gasteiger partial charge in [-0.05, 0) is 53.1 Å². The second kappa shape index (κ2) is 6.96. The van der Waals surface area contributed by atoms with Crippen molar-refractivity contribution in [3.05, 3.63) is 21.1 Å². The number of aliphatic hydroxyl groups is 1. The zero-order valence-corrected chi connectivity index (χ0v) is 15.8. The fraction of sp³-hybridized carbons (Fsp3) is 0.625. The molecule has 0 bridgehead atoms. The van der Waals surface area contributed by atoms with Gasteiger partial charge in [0.1, 0.15) is 9.88 Å². The number of ether oxygens (including phenoxy) is 1. The van der Waals surface area contributed by atoms with Gasteiger partial charge in [-0.2, -0.15) is 0 Å². The van der Waals surface area contributed by atoms with Crippen LogP contribution in [0.1, 0.15) is 55.0 Å². The minimum Gasteiger partial charge on any atom is -0.462 e. The van der Waals surface area contributed by atoms with E-state index in [9.17, 15) is 9.90 Å². The molecule has 0 unspecified atom stereocenters.